The molecule has 34 heavy (non-hydrogen) atoms. The van der Waals surface area contributed by atoms with E-state index in [2.05, 4.69) is 23.7 Å². The van der Waals surface area contributed by atoms with Gasteiger partial charge in [-0.3, -0.25) is 14.6 Å². The maximum Gasteiger partial charge on any atom is 0.266 e. The summed E-state index contributed by atoms with van der Waals surface area (Å²) in [5, 5.41) is 1.25. The molecule has 1 saturated heterocycles. The van der Waals surface area contributed by atoms with Crippen LogP contribution in [0.25, 0.3) is 10.2 Å². The van der Waals surface area contributed by atoms with Crippen molar-refractivity contribution in [1.82, 2.24) is 9.88 Å². The number of nitrogens with zero attached hydrogens (tertiary/aromatic N) is 3. The summed E-state index contributed by atoms with van der Waals surface area (Å²) < 4.78 is 12.2. The minimum Gasteiger partial charge on any atom is -0.484 e. The van der Waals surface area contributed by atoms with Crippen LogP contribution < -0.4 is 9.64 Å². The molecule has 1 aliphatic rings. The normalized spacial score (nSPS) is 14.2. The minimum absolute atomic E-state index is 0. The molecule has 6 nitrogen and oxygen atoms in total. The van der Waals surface area contributed by atoms with Gasteiger partial charge in [0.05, 0.1) is 22.9 Å². The van der Waals surface area contributed by atoms with Gasteiger partial charge < -0.3 is 9.47 Å². The Labute approximate surface area is 216 Å². The molecule has 9 heteroatoms. The highest BCUT2D eigenvalue weighted by atomic mass is 35.5. The number of fused-ring (bicyclic) bond motifs is 1. The number of anilines is 1. The fourth-order valence-electron chi connectivity index (χ4n) is 3.79. The van der Waals surface area contributed by atoms with Gasteiger partial charge in [0.2, 0.25) is 0 Å². The fourth-order valence-corrected chi connectivity index (χ4v) is 5.10. The lowest BCUT2D eigenvalue weighted by Crippen LogP contribution is -2.40. The van der Waals surface area contributed by atoms with Gasteiger partial charge in [0, 0.05) is 26.2 Å². The second-order valence-corrected chi connectivity index (χ2v) is 9.86. The van der Waals surface area contributed by atoms with Crippen LogP contribution in [-0.4, -0.2) is 61.8 Å². The second kappa shape index (κ2) is 12.7. The molecule has 184 valence electrons. The molecule has 0 radical (unpaired) electrons. The van der Waals surface area contributed by atoms with Crippen LogP contribution >= 0.6 is 35.3 Å². The molecular weight excluding hydrogens is 493 g/mol. The summed E-state index contributed by atoms with van der Waals surface area (Å²) in [4.78, 5) is 22.0. The molecule has 4 rings (SSSR count). The molecule has 3 aromatic rings. The van der Waals surface area contributed by atoms with E-state index in [9.17, 15) is 4.79 Å². The van der Waals surface area contributed by atoms with Crippen LogP contribution in [0.5, 0.6) is 5.75 Å². The summed E-state index contributed by atoms with van der Waals surface area (Å²) >= 11 is 7.82. The van der Waals surface area contributed by atoms with Crippen molar-refractivity contribution in [3.63, 3.8) is 0 Å². The quantitative estimate of drug-likeness (QED) is 0.363. The molecule has 0 bridgehead atoms. The van der Waals surface area contributed by atoms with E-state index in [0.717, 1.165) is 49.5 Å². The molecule has 1 fully saturated rings. The van der Waals surface area contributed by atoms with Crippen LogP contribution in [0.2, 0.25) is 5.02 Å². The number of morpholine rings is 1. The molecule has 0 unspecified atom stereocenters. The second-order valence-electron chi connectivity index (χ2n) is 8.45. The molecule has 0 atom stereocenters. The lowest BCUT2D eigenvalue weighted by molar-refractivity contribution is -0.120. The maximum absolute atomic E-state index is 13.2. The van der Waals surface area contributed by atoms with Crippen LogP contribution in [0.4, 0.5) is 5.13 Å². The van der Waals surface area contributed by atoms with Crippen molar-refractivity contribution in [2.75, 3.05) is 50.9 Å². The first-order valence-corrected chi connectivity index (χ1v) is 12.6. The molecule has 0 saturated carbocycles. The lowest BCUT2D eigenvalue weighted by atomic mass is 10.0. The highest BCUT2D eigenvalue weighted by molar-refractivity contribution is 7.22. The molecular formula is C25H31Cl2N3O3S. The van der Waals surface area contributed by atoms with Crippen LogP contribution in [0, 0.1) is 0 Å². The number of thiazole rings is 1. The van der Waals surface area contributed by atoms with Gasteiger partial charge in [0.1, 0.15) is 11.3 Å². The van der Waals surface area contributed by atoms with Gasteiger partial charge in [-0.05, 0) is 42.2 Å². The number of hydrogen-bond acceptors (Lipinski definition) is 6. The minimum atomic E-state index is -0.111. The fraction of sp³-hybridized carbons (Fsp3) is 0.440. The molecule has 0 spiro atoms. The number of amides is 1. The summed E-state index contributed by atoms with van der Waals surface area (Å²) in [6.07, 6.45) is 0.846. The predicted molar refractivity (Wildman–Crippen MR) is 142 cm³/mol. The van der Waals surface area contributed by atoms with E-state index in [1.165, 1.54) is 16.9 Å². The monoisotopic (exact) mass is 523 g/mol. The number of carbonyl (C=O) groups is 1. The number of ether oxygens (including phenoxy) is 2. The van der Waals surface area contributed by atoms with Crippen LogP contribution in [0.15, 0.2) is 42.5 Å². The third kappa shape index (κ3) is 6.83. The number of rotatable bonds is 9. The van der Waals surface area contributed by atoms with Crippen molar-refractivity contribution < 1.29 is 14.3 Å². The Bertz CT molecular complexity index is 1070. The summed E-state index contributed by atoms with van der Waals surface area (Å²) in [6.45, 7) is 9.14. The summed E-state index contributed by atoms with van der Waals surface area (Å²) in [6, 6.07) is 13.6. The van der Waals surface area contributed by atoms with E-state index >= 15 is 0 Å². The van der Waals surface area contributed by atoms with Gasteiger partial charge in [0.15, 0.2) is 11.7 Å². The third-order valence-electron chi connectivity index (χ3n) is 5.76. The molecule has 1 aliphatic heterocycles. The van der Waals surface area contributed by atoms with Crippen LogP contribution in [0.1, 0.15) is 31.7 Å². The molecule has 2 aromatic carbocycles. The largest absolute Gasteiger partial charge is 0.484 e. The number of para-hydroxylation sites is 1. The Kier molecular flexibility index (Phi) is 9.97. The van der Waals surface area contributed by atoms with E-state index in [-0.39, 0.29) is 24.9 Å². The Morgan fingerprint density at radius 2 is 1.94 bits per heavy atom. The molecule has 1 amide bonds. The van der Waals surface area contributed by atoms with Gasteiger partial charge in [-0.1, -0.05) is 55.0 Å². The molecule has 0 aliphatic carbocycles. The van der Waals surface area contributed by atoms with Crippen molar-refractivity contribution in [2.45, 2.75) is 26.2 Å². The highest BCUT2D eigenvalue weighted by Crippen LogP contribution is 2.33. The summed E-state index contributed by atoms with van der Waals surface area (Å²) in [5.74, 6) is 1.03. The van der Waals surface area contributed by atoms with Gasteiger partial charge >= 0.3 is 0 Å². The van der Waals surface area contributed by atoms with Crippen molar-refractivity contribution in [3.8, 4) is 5.75 Å². The topological polar surface area (TPSA) is 54.9 Å². The van der Waals surface area contributed by atoms with E-state index in [4.69, 9.17) is 21.1 Å². The lowest BCUT2D eigenvalue weighted by Gasteiger charge is -2.27. The Morgan fingerprint density at radius 3 is 2.62 bits per heavy atom. The van der Waals surface area contributed by atoms with Crippen LogP contribution in [-0.2, 0) is 9.53 Å². The zero-order valence-electron chi connectivity index (χ0n) is 19.5. The van der Waals surface area contributed by atoms with E-state index in [0.29, 0.717) is 28.4 Å². The number of aromatic nitrogens is 1. The van der Waals surface area contributed by atoms with Gasteiger partial charge in [-0.15, -0.1) is 12.4 Å². The van der Waals surface area contributed by atoms with Crippen LogP contribution in [0.3, 0.4) is 0 Å². The van der Waals surface area contributed by atoms with Gasteiger partial charge in [0.25, 0.3) is 5.91 Å². The van der Waals surface area contributed by atoms with E-state index in [1.54, 1.807) is 4.90 Å². The Balaban J connectivity index is 0.00000324. The summed E-state index contributed by atoms with van der Waals surface area (Å²) in [5.41, 5.74) is 1.97. The van der Waals surface area contributed by atoms with Gasteiger partial charge in [-0.25, -0.2) is 4.98 Å². The number of halogens is 2. The van der Waals surface area contributed by atoms with E-state index in [1.807, 2.05) is 42.5 Å². The first-order valence-electron chi connectivity index (χ1n) is 11.4. The summed E-state index contributed by atoms with van der Waals surface area (Å²) in [7, 11) is 0. The maximum atomic E-state index is 13.2. The Hall–Kier alpha value is -1.90. The zero-order valence-corrected chi connectivity index (χ0v) is 21.9. The first-order chi connectivity index (χ1) is 16.0. The highest BCUT2D eigenvalue weighted by Gasteiger charge is 2.22. The standard InChI is InChI=1S/C25H30ClN3O3S.ClH/c1-18(2)19-7-9-20(10-8-19)32-17-23(30)29(12-4-11-28-13-15-31-16-14-28)25-27-24-21(26)5-3-6-22(24)33-25;/h3,5-10,18H,4,11-17H2,1-2H3;1H. The molecule has 1 aromatic heterocycles. The first kappa shape index (κ1) is 26.7. The zero-order chi connectivity index (χ0) is 23.2. The number of hydrogen-bond donors (Lipinski definition) is 0. The Morgan fingerprint density at radius 1 is 1.21 bits per heavy atom. The number of benzene rings is 2. The van der Waals surface area contributed by atoms with Gasteiger partial charge in [-0.2, -0.15) is 0 Å². The smallest absolute Gasteiger partial charge is 0.266 e. The SMILES string of the molecule is CC(C)c1ccc(OCC(=O)N(CCCN2CCOCC2)c2nc3c(Cl)cccc3s2)cc1.Cl. The molecule has 2 heterocycles. The average molecular weight is 525 g/mol. The predicted octanol–water partition coefficient (Wildman–Crippen LogP) is 5.63. The molecule has 0 N–H and O–H groups in total. The van der Waals surface area contributed by atoms with Crippen molar-refractivity contribution in [2.24, 2.45) is 0 Å². The van der Waals surface area contributed by atoms with Crippen molar-refractivity contribution >= 4 is 56.6 Å². The average Bonchev–Trinajstić information content (AvgIpc) is 3.26. The van der Waals surface area contributed by atoms with Crippen molar-refractivity contribution in [3.05, 3.63) is 53.1 Å². The third-order valence-corrected chi connectivity index (χ3v) is 7.11. The van der Waals surface area contributed by atoms with E-state index < -0.39 is 0 Å². The van der Waals surface area contributed by atoms with Crippen molar-refractivity contribution in [1.29, 1.82) is 0 Å². The number of carbonyl (C=O) groups excluding carboxylic acids is 1.